The van der Waals surface area contributed by atoms with Gasteiger partial charge in [-0.3, -0.25) is 19.2 Å². The van der Waals surface area contributed by atoms with Crippen LogP contribution in [0, 0.1) is 17.0 Å². The number of hydrogen-bond acceptors (Lipinski definition) is 6. The second kappa shape index (κ2) is 9.37. The summed E-state index contributed by atoms with van der Waals surface area (Å²) in [7, 11) is -2.25. The van der Waals surface area contributed by atoms with E-state index >= 15 is 0 Å². The number of nitrogens with one attached hydrogen (secondary N) is 1. The van der Waals surface area contributed by atoms with Crippen LogP contribution in [-0.2, 0) is 21.2 Å². The summed E-state index contributed by atoms with van der Waals surface area (Å²) in [4.78, 5) is 22.7. The fourth-order valence-electron chi connectivity index (χ4n) is 2.69. The van der Waals surface area contributed by atoms with Gasteiger partial charge in [0.2, 0.25) is 15.9 Å². The molecule has 10 heteroatoms. The minimum atomic E-state index is -3.83. The van der Waals surface area contributed by atoms with Gasteiger partial charge < -0.3 is 10.1 Å². The maximum Gasteiger partial charge on any atom is 0.271 e. The lowest BCUT2D eigenvalue weighted by Gasteiger charge is -2.23. The molecule has 0 bridgehead atoms. The monoisotopic (exact) mass is 421 g/mol. The molecule has 0 radical (unpaired) electrons. The van der Waals surface area contributed by atoms with E-state index in [0.717, 1.165) is 27.9 Å². The zero-order valence-corrected chi connectivity index (χ0v) is 17.2. The Bertz CT molecular complexity index is 990. The maximum absolute atomic E-state index is 12.3. The maximum atomic E-state index is 12.3. The van der Waals surface area contributed by atoms with E-state index in [1.54, 1.807) is 14.0 Å². The van der Waals surface area contributed by atoms with Gasteiger partial charge in [-0.15, -0.1) is 0 Å². The minimum absolute atomic E-state index is 0.104. The predicted molar refractivity (Wildman–Crippen MR) is 110 cm³/mol. The molecule has 29 heavy (non-hydrogen) atoms. The number of rotatable bonds is 9. The SMILES string of the molecule is COc1ccc(CCNC(=O)CN(c2cc([N+](=O)[O-])ccc2C)S(C)(=O)=O)cc1. The number of aryl methyl sites for hydroxylation is 1. The second-order valence-electron chi connectivity index (χ2n) is 6.45. The Kier molecular flexibility index (Phi) is 7.16. The van der Waals surface area contributed by atoms with Crippen LogP contribution >= 0.6 is 0 Å². The first kappa shape index (κ1) is 22.2. The summed E-state index contributed by atoms with van der Waals surface area (Å²) in [6.07, 6.45) is 1.51. The number of carbonyl (C=O) groups excluding carboxylic acids is 1. The Balaban J connectivity index is 2.07. The van der Waals surface area contributed by atoms with E-state index in [-0.39, 0.29) is 11.4 Å². The van der Waals surface area contributed by atoms with Gasteiger partial charge in [-0.2, -0.15) is 0 Å². The molecule has 0 fully saturated rings. The molecule has 0 saturated carbocycles. The van der Waals surface area contributed by atoms with Crippen LogP contribution in [0.5, 0.6) is 5.75 Å². The van der Waals surface area contributed by atoms with E-state index in [1.165, 1.54) is 12.1 Å². The number of methoxy groups -OCH3 is 1. The van der Waals surface area contributed by atoms with Gasteiger partial charge in [0.05, 0.1) is 24.0 Å². The summed E-state index contributed by atoms with van der Waals surface area (Å²) < 4.78 is 30.4. The van der Waals surface area contributed by atoms with Crippen molar-refractivity contribution in [3.8, 4) is 5.75 Å². The molecule has 0 heterocycles. The van der Waals surface area contributed by atoms with Crippen molar-refractivity contribution < 1.29 is 22.9 Å². The molecule has 0 aliphatic heterocycles. The van der Waals surface area contributed by atoms with Crippen molar-refractivity contribution in [1.82, 2.24) is 5.32 Å². The van der Waals surface area contributed by atoms with Gasteiger partial charge in [-0.25, -0.2) is 8.42 Å². The molecular formula is C19H23N3O6S. The van der Waals surface area contributed by atoms with Crippen LogP contribution in [0.4, 0.5) is 11.4 Å². The highest BCUT2D eigenvalue weighted by Crippen LogP contribution is 2.27. The van der Waals surface area contributed by atoms with Gasteiger partial charge in [-0.1, -0.05) is 18.2 Å². The molecular weight excluding hydrogens is 398 g/mol. The number of anilines is 1. The topological polar surface area (TPSA) is 119 Å². The van der Waals surface area contributed by atoms with Gasteiger partial charge >= 0.3 is 0 Å². The minimum Gasteiger partial charge on any atom is -0.497 e. The van der Waals surface area contributed by atoms with E-state index in [0.29, 0.717) is 18.5 Å². The highest BCUT2D eigenvalue weighted by molar-refractivity contribution is 7.92. The van der Waals surface area contributed by atoms with E-state index in [4.69, 9.17) is 4.74 Å². The normalized spacial score (nSPS) is 11.0. The zero-order chi connectivity index (χ0) is 21.6. The number of non-ortho nitro benzene ring substituents is 1. The third-order valence-corrected chi connectivity index (χ3v) is 5.38. The van der Waals surface area contributed by atoms with Crippen LogP contribution in [0.3, 0.4) is 0 Å². The first-order valence-corrected chi connectivity index (χ1v) is 10.6. The van der Waals surface area contributed by atoms with E-state index in [9.17, 15) is 23.3 Å². The molecule has 156 valence electrons. The third-order valence-electron chi connectivity index (χ3n) is 4.25. The molecule has 2 aromatic rings. The first-order chi connectivity index (χ1) is 13.6. The summed E-state index contributed by atoms with van der Waals surface area (Å²) in [6, 6.07) is 11.3. The number of nitro benzene ring substituents is 1. The lowest BCUT2D eigenvalue weighted by Crippen LogP contribution is -2.41. The van der Waals surface area contributed by atoms with Crippen molar-refractivity contribution in [2.24, 2.45) is 0 Å². The standard InChI is InChI=1S/C19H23N3O6S/c1-14-4-7-16(22(24)25)12-18(14)21(29(3,26)27)13-19(23)20-11-10-15-5-8-17(28-2)9-6-15/h4-9,12H,10-11,13H2,1-3H3,(H,20,23). The molecule has 0 aromatic heterocycles. The van der Waals surface area contributed by atoms with Crippen LogP contribution in [0.1, 0.15) is 11.1 Å². The van der Waals surface area contributed by atoms with Gasteiger partial charge in [0.15, 0.2) is 0 Å². The summed E-state index contributed by atoms with van der Waals surface area (Å²) >= 11 is 0. The van der Waals surface area contributed by atoms with E-state index < -0.39 is 27.4 Å². The fourth-order valence-corrected chi connectivity index (χ4v) is 3.59. The molecule has 0 spiro atoms. The number of benzene rings is 2. The smallest absolute Gasteiger partial charge is 0.271 e. The predicted octanol–water partition coefficient (Wildman–Crippen LogP) is 2.04. The molecule has 0 unspecified atom stereocenters. The Morgan fingerprint density at radius 2 is 1.86 bits per heavy atom. The van der Waals surface area contributed by atoms with E-state index in [1.807, 2.05) is 24.3 Å². The molecule has 2 aromatic carbocycles. The summed E-state index contributed by atoms with van der Waals surface area (Å²) in [6.45, 7) is 1.47. The van der Waals surface area contributed by atoms with Crippen molar-refractivity contribution in [1.29, 1.82) is 0 Å². The summed E-state index contributed by atoms with van der Waals surface area (Å²) in [5.41, 5.74) is 1.35. The molecule has 1 amide bonds. The molecule has 1 N–H and O–H groups in total. The van der Waals surface area contributed by atoms with Crippen molar-refractivity contribution in [3.63, 3.8) is 0 Å². The molecule has 9 nitrogen and oxygen atoms in total. The number of carbonyl (C=O) groups is 1. The number of sulfonamides is 1. The Morgan fingerprint density at radius 3 is 2.41 bits per heavy atom. The number of hydrogen-bond donors (Lipinski definition) is 1. The van der Waals surface area contributed by atoms with Crippen molar-refractivity contribution in [2.45, 2.75) is 13.3 Å². The van der Waals surface area contributed by atoms with Crippen LogP contribution in [0.15, 0.2) is 42.5 Å². The molecule has 0 saturated heterocycles. The summed E-state index contributed by atoms with van der Waals surface area (Å²) in [5.74, 6) is 0.226. The Morgan fingerprint density at radius 1 is 1.21 bits per heavy atom. The van der Waals surface area contributed by atoms with Gasteiger partial charge in [-0.05, 0) is 36.6 Å². The van der Waals surface area contributed by atoms with Crippen LogP contribution < -0.4 is 14.4 Å². The van der Waals surface area contributed by atoms with Crippen LogP contribution in [0.25, 0.3) is 0 Å². The number of amides is 1. The average molecular weight is 421 g/mol. The summed E-state index contributed by atoms with van der Waals surface area (Å²) in [5, 5.41) is 13.7. The van der Waals surface area contributed by atoms with E-state index in [2.05, 4.69) is 5.32 Å². The van der Waals surface area contributed by atoms with Crippen molar-refractivity contribution >= 4 is 27.3 Å². The van der Waals surface area contributed by atoms with Gasteiger partial charge in [0.1, 0.15) is 12.3 Å². The average Bonchev–Trinajstić information content (AvgIpc) is 2.66. The number of nitro groups is 1. The quantitative estimate of drug-likeness (QED) is 0.489. The number of ether oxygens (including phenoxy) is 1. The molecule has 0 aliphatic carbocycles. The highest BCUT2D eigenvalue weighted by atomic mass is 32.2. The van der Waals surface area contributed by atoms with Crippen molar-refractivity contribution in [3.05, 3.63) is 63.7 Å². The third kappa shape index (κ3) is 6.18. The molecule has 0 aliphatic rings. The Labute approximate surface area is 169 Å². The first-order valence-electron chi connectivity index (χ1n) is 8.74. The molecule has 0 atom stereocenters. The fraction of sp³-hybridized carbons (Fsp3) is 0.316. The van der Waals surface area contributed by atoms with Crippen LogP contribution in [-0.4, -0.2) is 45.7 Å². The largest absolute Gasteiger partial charge is 0.497 e. The second-order valence-corrected chi connectivity index (χ2v) is 8.35. The lowest BCUT2D eigenvalue weighted by atomic mass is 10.1. The lowest BCUT2D eigenvalue weighted by molar-refractivity contribution is -0.384. The van der Waals surface area contributed by atoms with Crippen LogP contribution in [0.2, 0.25) is 0 Å². The molecule has 2 rings (SSSR count). The van der Waals surface area contributed by atoms with Gasteiger partial charge in [0, 0.05) is 18.7 Å². The van der Waals surface area contributed by atoms with Crippen molar-refractivity contribution in [2.75, 3.05) is 30.8 Å². The number of nitrogens with zero attached hydrogens (tertiary/aromatic N) is 2. The zero-order valence-electron chi connectivity index (χ0n) is 16.4. The highest BCUT2D eigenvalue weighted by Gasteiger charge is 2.24. The Hall–Kier alpha value is -3.14. The van der Waals surface area contributed by atoms with Gasteiger partial charge in [0.25, 0.3) is 5.69 Å².